The van der Waals surface area contributed by atoms with Crippen LogP contribution in [0.15, 0.2) is 103 Å². The lowest BCUT2D eigenvalue weighted by molar-refractivity contribution is -0.120. The Bertz CT molecular complexity index is 847. The Kier molecular flexibility index (Phi) is 22.9. The SMILES string of the molecule is C=C/C=C\C(=C(\NC(=O)CCNc1ccccc1)C(C)C)C(C)C.C=CC1=CC=CCC1.CN.CN. The maximum absolute atomic E-state index is 12.3. The molecule has 0 aromatic heterocycles. The summed E-state index contributed by atoms with van der Waals surface area (Å²) < 4.78 is 0. The number of para-hydroxylation sites is 1. The minimum atomic E-state index is 0.0345. The van der Waals surface area contributed by atoms with E-state index in [1.807, 2.05) is 48.6 Å². The van der Waals surface area contributed by atoms with E-state index in [4.69, 9.17) is 0 Å². The highest BCUT2D eigenvalue weighted by Crippen LogP contribution is 2.21. The van der Waals surface area contributed by atoms with Gasteiger partial charge in [-0.3, -0.25) is 4.79 Å². The summed E-state index contributed by atoms with van der Waals surface area (Å²) in [5, 5.41) is 6.37. The summed E-state index contributed by atoms with van der Waals surface area (Å²) in [7, 11) is 3.00. The summed E-state index contributed by atoms with van der Waals surface area (Å²) in [6.07, 6.45) is 16.8. The summed E-state index contributed by atoms with van der Waals surface area (Å²) in [5.41, 5.74) is 13.5. The van der Waals surface area contributed by atoms with Crippen molar-refractivity contribution in [2.75, 3.05) is 26.0 Å². The molecule has 1 aromatic carbocycles. The Labute approximate surface area is 220 Å². The van der Waals surface area contributed by atoms with E-state index >= 15 is 0 Å². The van der Waals surface area contributed by atoms with Crippen LogP contribution >= 0.6 is 0 Å². The van der Waals surface area contributed by atoms with E-state index in [0.29, 0.717) is 18.9 Å². The van der Waals surface area contributed by atoms with Crippen LogP contribution in [-0.2, 0) is 4.79 Å². The van der Waals surface area contributed by atoms with Crippen molar-refractivity contribution in [1.29, 1.82) is 0 Å². The van der Waals surface area contributed by atoms with Gasteiger partial charge in [-0.2, -0.15) is 0 Å². The first-order valence-corrected chi connectivity index (χ1v) is 12.6. The highest BCUT2D eigenvalue weighted by Gasteiger charge is 2.14. The summed E-state index contributed by atoms with van der Waals surface area (Å²) in [5.74, 6) is 0.622. The standard InChI is InChI=1S/C21H30N2O.C8H10.2CH5N/c1-6-7-13-19(16(2)3)21(17(4)5)23-20(24)14-15-22-18-11-9-8-10-12-18;1-2-8-6-4-3-5-7-8;2*1-2/h6-13,16-17,22H,1,14-15H2,2-5H3,(H,23,24);2-4,6H,1,5,7H2;2*2H2,1H3/b13-7-,21-19-;;;. The predicted molar refractivity (Wildman–Crippen MR) is 161 cm³/mol. The molecular weight excluding hydrogens is 444 g/mol. The molecule has 1 aliphatic rings. The van der Waals surface area contributed by atoms with Crippen LogP contribution in [0.4, 0.5) is 5.69 Å². The Morgan fingerprint density at radius 3 is 2.11 bits per heavy atom. The first-order valence-electron chi connectivity index (χ1n) is 12.6. The zero-order chi connectivity index (χ0) is 27.8. The third kappa shape index (κ3) is 16.5. The molecule has 0 unspecified atom stereocenters. The van der Waals surface area contributed by atoms with Gasteiger partial charge in [0.15, 0.2) is 0 Å². The second-order valence-corrected chi connectivity index (χ2v) is 8.28. The van der Waals surface area contributed by atoms with E-state index in [1.165, 1.54) is 32.5 Å². The molecule has 0 heterocycles. The molecule has 5 nitrogen and oxygen atoms in total. The van der Waals surface area contributed by atoms with Crippen molar-refractivity contribution in [2.45, 2.75) is 47.0 Å². The second kappa shape index (κ2) is 23.6. The largest absolute Gasteiger partial charge is 0.385 e. The Morgan fingerprint density at radius 1 is 1.03 bits per heavy atom. The third-order valence-electron chi connectivity index (χ3n) is 4.96. The molecule has 0 fully saturated rings. The molecular formula is C31H50N4O. The fourth-order valence-electron chi connectivity index (χ4n) is 3.20. The molecule has 36 heavy (non-hydrogen) atoms. The van der Waals surface area contributed by atoms with Gasteiger partial charge in [0, 0.05) is 24.4 Å². The van der Waals surface area contributed by atoms with Gasteiger partial charge >= 0.3 is 0 Å². The fraction of sp³-hybridized carbons (Fsp3) is 0.387. The van der Waals surface area contributed by atoms with Crippen LogP contribution in [0, 0.1) is 11.8 Å². The van der Waals surface area contributed by atoms with Gasteiger partial charge in [0.05, 0.1) is 0 Å². The number of amides is 1. The number of hydrogen-bond acceptors (Lipinski definition) is 4. The Hall–Kier alpha value is -3.15. The number of benzene rings is 1. The lowest BCUT2D eigenvalue weighted by atomic mass is 9.94. The second-order valence-electron chi connectivity index (χ2n) is 8.28. The van der Waals surface area contributed by atoms with E-state index < -0.39 is 0 Å². The van der Waals surface area contributed by atoms with E-state index in [-0.39, 0.29) is 11.8 Å². The Balaban J connectivity index is 0. The molecule has 0 atom stereocenters. The zero-order valence-electron chi connectivity index (χ0n) is 23.4. The predicted octanol–water partition coefficient (Wildman–Crippen LogP) is 6.51. The van der Waals surface area contributed by atoms with Crippen molar-refractivity contribution < 1.29 is 4.79 Å². The number of allylic oxidation sites excluding steroid dienone is 10. The van der Waals surface area contributed by atoms with Crippen LogP contribution in [0.5, 0.6) is 0 Å². The molecule has 1 amide bonds. The molecule has 0 saturated carbocycles. The molecule has 5 heteroatoms. The quantitative estimate of drug-likeness (QED) is 0.279. The number of anilines is 1. The number of nitrogens with one attached hydrogen (secondary N) is 2. The van der Waals surface area contributed by atoms with Crippen LogP contribution in [0.25, 0.3) is 0 Å². The number of rotatable bonds is 10. The maximum atomic E-state index is 12.3. The van der Waals surface area contributed by atoms with Gasteiger partial charge < -0.3 is 22.1 Å². The molecule has 0 saturated heterocycles. The number of hydrogen-bond donors (Lipinski definition) is 4. The van der Waals surface area contributed by atoms with Crippen LogP contribution < -0.4 is 22.1 Å². The van der Waals surface area contributed by atoms with E-state index in [1.54, 1.807) is 6.08 Å². The van der Waals surface area contributed by atoms with Gasteiger partial charge in [0.25, 0.3) is 0 Å². The van der Waals surface area contributed by atoms with E-state index in [9.17, 15) is 4.79 Å². The Morgan fingerprint density at radius 2 is 1.67 bits per heavy atom. The molecule has 6 N–H and O–H groups in total. The highest BCUT2D eigenvalue weighted by molar-refractivity contribution is 5.78. The van der Waals surface area contributed by atoms with Crippen molar-refractivity contribution in [1.82, 2.24) is 5.32 Å². The van der Waals surface area contributed by atoms with Gasteiger partial charge in [-0.05, 0) is 62.1 Å². The van der Waals surface area contributed by atoms with Crippen molar-refractivity contribution in [3.63, 3.8) is 0 Å². The molecule has 0 bridgehead atoms. The molecule has 0 spiro atoms. The molecule has 200 valence electrons. The van der Waals surface area contributed by atoms with E-state index in [0.717, 1.165) is 17.0 Å². The maximum Gasteiger partial charge on any atom is 0.225 e. The minimum absolute atomic E-state index is 0.0345. The van der Waals surface area contributed by atoms with Crippen LogP contribution in [0.2, 0.25) is 0 Å². The van der Waals surface area contributed by atoms with Crippen molar-refractivity contribution in [3.8, 4) is 0 Å². The molecule has 0 aliphatic heterocycles. The first-order chi connectivity index (χ1) is 17.4. The first kappa shape index (κ1) is 35.0. The molecule has 1 aliphatic carbocycles. The van der Waals surface area contributed by atoms with Crippen molar-refractivity contribution in [2.24, 2.45) is 23.3 Å². The number of nitrogens with two attached hydrogens (primary N) is 2. The number of carbonyl (C=O) groups excluding carboxylic acids is 1. The van der Waals surface area contributed by atoms with Crippen LogP contribution in [0.1, 0.15) is 47.0 Å². The third-order valence-corrected chi connectivity index (χ3v) is 4.96. The highest BCUT2D eigenvalue weighted by atomic mass is 16.1. The average Bonchev–Trinajstić information content (AvgIpc) is 2.91. The van der Waals surface area contributed by atoms with Crippen molar-refractivity contribution in [3.05, 3.63) is 103 Å². The van der Waals surface area contributed by atoms with Crippen molar-refractivity contribution >= 4 is 11.6 Å². The van der Waals surface area contributed by atoms with Gasteiger partial charge in [-0.15, -0.1) is 0 Å². The topological polar surface area (TPSA) is 93.2 Å². The molecule has 2 rings (SSSR count). The summed E-state index contributed by atoms with van der Waals surface area (Å²) in [6.45, 7) is 16.5. The van der Waals surface area contributed by atoms with E-state index in [2.05, 4.69) is 81.2 Å². The summed E-state index contributed by atoms with van der Waals surface area (Å²) in [4.78, 5) is 12.3. The van der Waals surface area contributed by atoms with Gasteiger partial charge in [-0.1, -0.05) is 102 Å². The smallest absolute Gasteiger partial charge is 0.225 e. The van der Waals surface area contributed by atoms with Gasteiger partial charge in [-0.25, -0.2) is 0 Å². The summed E-state index contributed by atoms with van der Waals surface area (Å²) in [6, 6.07) is 9.91. The normalized spacial score (nSPS) is 12.6. The lowest BCUT2D eigenvalue weighted by Gasteiger charge is -2.20. The molecule has 0 radical (unpaired) electrons. The monoisotopic (exact) mass is 494 g/mol. The average molecular weight is 495 g/mol. The van der Waals surface area contributed by atoms with Gasteiger partial charge in [0.1, 0.15) is 0 Å². The zero-order valence-corrected chi connectivity index (χ0v) is 23.4. The minimum Gasteiger partial charge on any atom is -0.385 e. The van der Waals surface area contributed by atoms with Crippen LogP contribution in [-0.4, -0.2) is 26.5 Å². The van der Waals surface area contributed by atoms with Gasteiger partial charge in [0.2, 0.25) is 5.91 Å². The lowest BCUT2D eigenvalue weighted by Crippen LogP contribution is -2.29. The summed E-state index contributed by atoms with van der Waals surface area (Å²) >= 11 is 0. The molecule has 1 aromatic rings. The fourth-order valence-corrected chi connectivity index (χ4v) is 3.20. The van der Waals surface area contributed by atoms with Crippen LogP contribution in [0.3, 0.4) is 0 Å². The number of carbonyl (C=O) groups is 1.